The van der Waals surface area contributed by atoms with Crippen molar-refractivity contribution in [3.8, 4) is 0 Å². The molecule has 1 aromatic carbocycles. The van der Waals surface area contributed by atoms with Gasteiger partial charge >= 0.3 is 63.3 Å². The molecule has 0 aliphatic heterocycles. The first-order chi connectivity index (χ1) is 7.73. The number of hydrogen-bond acceptors (Lipinski definition) is 2. The predicted octanol–water partition coefficient (Wildman–Crippen LogP) is 1.59. The number of carboxylic acids is 2. The van der Waals surface area contributed by atoms with Crippen LogP contribution in [0.2, 0.25) is 0 Å². The maximum atomic E-state index is 10.8. The Morgan fingerprint density at radius 3 is 1.67 bits per heavy atom. The van der Waals surface area contributed by atoms with E-state index in [4.69, 9.17) is 10.2 Å². The molecular formula is C13H17KO4. The Morgan fingerprint density at radius 2 is 1.39 bits per heavy atom. The Labute approximate surface area is 149 Å². The minimum atomic E-state index is -1.50. The molecule has 5 heteroatoms. The van der Waals surface area contributed by atoms with Gasteiger partial charge in [-0.2, -0.15) is 0 Å². The van der Waals surface area contributed by atoms with E-state index in [0.717, 1.165) is 5.56 Å². The summed E-state index contributed by atoms with van der Waals surface area (Å²) in [6, 6.07) is 6.67. The van der Waals surface area contributed by atoms with Crippen molar-refractivity contribution in [2.24, 2.45) is 0 Å². The summed E-state index contributed by atoms with van der Waals surface area (Å²) in [6.45, 7) is 6.11. The van der Waals surface area contributed by atoms with Crippen molar-refractivity contribution in [1.82, 2.24) is 0 Å². The molecule has 0 unspecified atom stereocenters. The van der Waals surface area contributed by atoms with Gasteiger partial charge in [0.1, 0.15) is 0 Å². The molecule has 0 heterocycles. The molecule has 0 aliphatic carbocycles. The maximum absolute atomic E-state index is 10.8. The van der Waals surface area contributed by atoms with E-state index in [1.54, 1.807) is 24.3 Å². The third-order valence-corrected chi connectivity index (χ3v) is 2.60. The zero-order valence-electron chi connectivity index (χ0n) is 10.1. The second kappa shape index (κ2) is 6.82. The van der Waals surface area contributed by atoms with Crippen LogP contribution >= 0.6 is 0 Å². The van der Waals surface area contributed by atoms with Gasteiger partial charge in [0.15, 0.2) is 5.92 Å². The van der Waals surface area contributed by atoms with Crippen molar-refractivity contribution in [3.05, 3.63) is 35.4 Å². The van der Waals surface area contributed by atoms with E-state index in [1.807, 2.05) is 20.8 Å². The molecule has 0 fully saturated rings. The van der Waals surface area contributed by atoms with Crippen LogP contribution in [-0.2, 0) is 15.0 Å². The number of rotatable bonds is 3. The van der Waals surface area contributed by atoms with Gasteiger partial charge in [-0.3, -0.25) is 9.59 Å². The average Bonchev–Trinajstić information content (AvgIpc) is 2.15. The van der Waals surface area contributed by atoms with Gasteiger partial charge in [-0.15, -0.1) is 0 Å². The zero-order valence-corrected chi connectivity index (χ0v) is 10.1. The Morgan fingerprint density at radius 1 is 1.00 bits per heavy atom. The van der Waals surface area contributed by atoms with Gasteiger partial charge in [0.2, 0.25) is 0 Å². The average molecular weight is 276 g/mol. The fourth-order valence-electron chi connectivity index (χ4n) is 1.57. The Bertz CT molecular complexity index is 417. The van der Waals surface area contributed by atoms with Gasteiger partial charge in [0.25, 0.3) is 0 Å². The van der Waals surface area contributed by atoms with Gasteiger partial charge in [0, 0.05) is 0 Å². The molecule has 0 atom stereocenters. The first-order valence-electron chi connectivity index (χ1n) is 5.29. The molecule has 4 nitrogen and oxygen atoms in total. The molecule has 0 radical (unpaired) electrons. The SMILES string of the molecule is CC(C)(C)c1ccc(C(C(=O)O)C(=O)O)cc1.[KH]. The second-order valence-electron chi connectivity index (χ2n) is 4.98. The van der Waals surface area contributed by atoms with Crippen molar-refractivity contribution in [2.75, 3.05) is 0 Å². The van der Waals surface area contributed by atoms with Crippen LogP contribution in [0.3, 0.4) is 0 Å². The number of benzene rings is 1. The monoisotopic (exact) mass is 276 g/mol. The molecule has 0 bridgehead atoms. The first-order valence-corrected chi connectivity index (χ1v) is 5.29. The summed E-state index contributed by atoms with van der Waals surface area (Å²) in [6.07, 6.45) is 0. The minimum absolute atomic E-state index is 0. The standard InChI is InChI=1S/C13H16O4.K.H/c1-13(2,3)9-6-4-8(5-7-9)10(11(14)15)12(16)17;;/h4-7,10H,1-3H3,(H,14,15)(H,16,17);;. The van der Waals surface area contributed by atoms with Gasteiger partial charge in [-0.1, -0.05) is 45.0 Å². The van der Waals surface area contributed by atoms with Crippen LogP contribution in [0, 0.1) is 0 Å². The Kier molecular flexibility index (Phi) is 6.74. The summed E-state index contributed by atoms with van der Waals surface area (Å²) in [4.78, 5) is 21.7. The molecule has 94 valence electrons. The second-order valence-corrected chi connectivity index (χ2v) is 4.98. The zero-order chi connectivity index (χ0) is 13.2. The van der Waals surface area contributed by atoms with Crippen LogP contribution in [0.4, 0.5) is 0 Å². The number of aliphatic carboxylic acids is 2. The molecule has 0 spiro atoms. The summed E-state index contributed by atoms with van der Waals surface area (Å²) < 4.78 is 0. The van der Waals surface area contributed by atoms with Gasteiger partial charge in [-0.25, -0.2) is 0 Å². The van der Waals surface area contributed by atoms with Crippen LogP contribution in [0.15, 0.2) is 24.3 Å². The molecule has 0 saturated carbocycles. The van der Waals surface area contributed by atoms with E-state index in [1.165, 1.54) is 0 Å². The van der Waals surface area contributed by atoms with E-state index < -0.39 is 17.9 Å². The van der Waals surface area contributed by atoms with Crippen LogP contribution in [0.5, 0.6) is 0 Å². The van der Waals surface area contributed by atoms with Crippen LogP contribution in [0.25, 0.3) is 0 Å². The third kappa shape index (κ3) is 4.48. The molecule has 2 N–H and O–H groups in total. The van der Waals surface area contributed by atoms with Crippen molar-refractivity contribution in [3.63, 3.8) is 0 Å². The van der Waals surface area contributed by atoms with Crippen molar-refractivity contribution < 1.29 is 19.8 Å². The van der Waals surface area contributed by atoms with Crippen molar-refractivity contribution in [2.45, 2.75) is 32.1 Å². The fourth-order valence-corrected chi connectivity index (χ4v) is 1.57. The molecule has 1 rings (SSSR count). The predicted molar refractivity (Wildman–Crippen MR) is 70.3 cm³/mol. The molecule has 0 aliphatic rings. The van der Waals surface area contributed by atoms with E-state index in [0.29, 0.717) is 0 Å². The molecular weight excluding hydrogens is 259 g/mol. The number of hydrogen-bond donors (Lipinski definition) is 2. The van der Waals surface area contributed by atoms with Crippen molar-refractivity contribution in [1.29, 1.82) is 0 Å². The number of carboxylic acid groups (broad SMARTS) is 2. The number of carbonyl (C=O) groups is 2. The molecule has 1 aromatic rings. The van der Waals surface area contributed by atoms with E-state index >= 15 is 0 Å². The summed E-state index contributed by atoms with van der Waals surface area (Å²) in [5, 5.41) is 17.7. The van der Waals surface area contributed by atoms with Crippen LogP contribution in [-0.4, -0.2) is 73.5 Å². The third-order valence-electron chi connectivity index (χ3n) is 2.60. The quantitative estimate of drug-likeness (QED) is 0.649. The van der Waals surface area contributed by atoms with E-state index in [-0.39, 0.29) is 62.4 Å². The summed E-state index contributed by atoms with van der Waals surface area (Å²) in [5.41, 5.74) is 1.29. The molecule has 0 saturated heterocycles. The molecule has 0 amide bonds. The van der Waals surface area contributed by atoms with E-state index in [2.05, 4.69) is 0 Å². The van der Waals surface area contributed by atoms with E-state index in [9.17, 15) is 9.59 Å². The van der Waals surface area contributed by atoms with Crippen LogP contribution < -0.4 is 0 Å². The first kappa shape index (κ1) is 17.8. The summed E-state index contributed by atoms with van der Waals surface area (Å²) in [7, 11) is 0. The normalized spacial score (nSPS) is 10.9. The van der Waals surface area contributed by atoms with Gasteiger partial charge in [0.05, 0.1) is 0 Å². The Hall–Kier alpha value is -0.204. The molecule has 18 heavy (non-hydrogen) atoms. The fraction of sp³-hybridized carbons (Fsp3) is 0.385. The topological polar surface area (TPSA) is 74.6 Å². The van der Waals surface area contributed by atoms with Crippen LogP contribution in [0.1, 0.15) is 37.8 Å². The Balaban J connectivity index is 0.00000289. The molecule has 0 aromatic heterocycles. The van der Waals surface area contributed by atoms with Gasteiger partial charge in [-0.05, 0) is 16.5 Å². The summed E-state index contributed by atoms with van der Waals surface area (Å²) >= 11 is 0. The van der Waals surface area contributed by atoms with Gasteiger partial charge < -0.3 is 10.2 Å². The van der Waals surface area contributed by atoms with Crippen molar-refractivity contribution >= 4 is 63.3 Å². The summed E-state index contributed by atoms with van der Waals surface area (Å²) in [5.74, 6) is -4.19.